The monoisotopic (exact) mass is 341 g/mol. The zero-order valence-electron chi connectivity index (χ0n) is 12.0. The van der Waals surface area contributed by atoms with E-state index < -0.39 is 0 Å². The molecule has 1 aromatic heterocycles. The summed E-state index contributed by atoms with van der Waals surface area (Å²) in [6.45, 7) is 4.24. The molecule has 0 saturated carbocycles. The van der Waals surface area contributed by atoms with Gasteiger partial charge >= 0.3 is 0 Å². The number of carbonyl (C=O) groups excluding carboxylic acids is 1. The second-order valence-electron chi connectivity index (χ2n) is 4.90. The normalized spacial score (nSPS) is 10.9. The van der Waals surface area contributed by atoms with Crippen LogP contribution in [0.5, 0.6) is 0 Å². The number of hydrogen-bond acceptors (Lipinski definition) is 5. The van der Waals surface area contributed by atoms with Crippen LogP contribution in [0.1, 0.15) is 29.2 Å². The number of aromatic nitrogens is 2. The van der Waals surface area contributed by atoms with E-state index in [0.717, 1.165) is 16.3 Å². The van der Waals surface area contributed by atoms with Gasteiger partial charge in [0.1, 0.15) is 5.01 Å². The van der Waals surface area contributed by atoms with Crippen molar-refractivity contribution in [2.24, 2.45) is 5.92 Å². The second kappa shape index (κ2) is 7.24. The SMILES string of the molecule is CSc1ccc(Cl)c(C(=O)Nc2nnc(CC(C)C)s2)c1. The lowest BCUT2D eigenvalue weighted by molar-refractivity contribution is 0.102. The molecule has 0 aliphatic rings. The van der Waals surface area contributed by atoms with Crippen LogP contribution >= 0.6 is 34.7 Å². The average Bonchev–Trinajstić information content (AvgIpc) is 2.85. The van der Waals surface area contributed by atoms with Crippen LogP contribution in [0.15, 0.2) is 23.1 Å². The molecule has 0 fully saturated rings. The van der Waals surface area contributed by atoms with E-state index in [4.69, 9.17) is 11.6 Å². The van der Waals surface area contributed by atoms with E-state index in [1.807, 2.05) is 12.3 Å². The number of carbonyl (C=O) groups is 1. The van der Waals surface area contributed by atoms with E-state index in [1.54, 1.807) is 23.9 Å². The summed E-state index contributed by atoms with van der Waals surface area (Å²) in [4.78, 5) is 13.3. The van der Waals surface area contributed by atoms with Gasteiger partial charge in [-0.25, -0.2) is 0 Å². The van der Waals surface area contributed by atoms with E-state index in [1.165, 1.54) is 11.3 Å². The molecule has 0 aliphatic heterocycles. The summed E-state index contributed by atoms with van der Waals surface area (Å²) >= 11 is 9.05. The molecule has 0 radical (unpaired) electrons. The number of nitrogens with one attached hydrogen (secondary N) is 1. The smallest absolute Gasteiger partial charge is 0.259 e. The zero-order chi connectivity index (χ0) is 15.4. The molecule has 0 aliphatic carbocycles. The number of halogens is 1. The molecule has 2 rings (SSSR count). The van der Waals surface area contributed by atoms with Crippen LogP contribution in [0.2, 0.25) is 5.02 Å². The molecule has 7 heteroatoms. The van der Waals surface area contributed by atoms with Gasteiger partial charge in [-0.05, 0) is 30.4 Å². The highest BCUT2D eigenvalue weighted by molar-refractivity contribution is 7.98. The summed E-state index contributed by atoms with van der Waals surface area (Å²) in [6, 6.07) is 5.39. The van der Waals surface area contributed by atoms with Crippen LogP contribution in [-0.4, -0.2) is 22.4 Å². The third-order valence-corrected chi connectivity index (χ3v) is 4.60. The molecule has 0 spiro atoms. The number of benzene rings is 1. The number of thioether (sulfide) groups is 1. The third kappa shape index (κ3) is 4.43. The van der Waals surface area contributed by atoms with Crippen molar-refractivity contribution < 1.29 is 4.79 Å². The first-order chi connectivity index (χ1) is 9.99. The quantitative estimate of drug-likeness (QED) is 0.821. The maximum absolute atomic E-state index is 12.3. The van der Waals surface area contributed by atoms with Crippen LogP contribution in [0, 0.1) is 5.92 Å². The first-order valence-electron chi connectivity index (χ1n) is 6.47. The molecule has 1 N–H and O–H groups in total. The summed E-state index contributed by atoms with van der Waals surface area (Å²) in [5.41, 5.74) is 0.448. The van der Waals surface area contributed by atoms with Gasteiger partial charge in [0.25, 0.3) is 5.91 Å². The largest absolute Gasteiger partial charge is 0.296 e. The fourth-order valence-corrected chi connectivity index (χ4v) is 3.30. The Morgan fingerprint density at radius 1 is 1.43 bits per heavy atom. The number of rotatable bonds is 5. The van der Waals surface area contributed by atoms with Crippen molar-refractivity contribution >= 4 is 45.7 Å². The van der Waals surface area contributed by atoms with Gasteiger partial charge in [-0.15, -0.1) is 22.0 Å². The summed E-state index contributed by atoms with van der Waals surface area (Å²) in [6.07, 6.45) is 2.81. The van der Waals surface area contributed by atoms with Gasteiger partial charge in [0.15, 0.2) is 0 Å². The lowest BCUT2D eigenvalue weighted by atomic mass is 10.1. The number of nitrogens with zero attached hydrogens (tertiary/aromatic N) is 2. The Bertz CT molecular complexity index is 643. The molecule has 0 atom stereocenters. The topological polar surface area (TPSA) is 54.9 Å². The van der Waals surface area contributed by atoms with Crippen molar-refractivity contribution in [2.45, 2.75) is 25.2 Å². The van der Waals surface area contributed by atoms with Gasteiger partial charge in [-0.1, -0.05) is 36.8 Å². The summed E-state index contributed by atoms with van der Waals surface area (Å²) < 4.78 is 0. The van der Waals surface area contributed by atoms with Crippen LogP contribution < -0.4 is 5.32 Å². The van der Waals surface area contributed by atoms with Gasteiger partial charge in [0.2, 0.25) is 5.13 Å². The van der Waals surface area contributed by atoms with Gasteiger partial charge in [-0.3, -0.25) is 10.1 Å². The maximum atomic E-state index is 12.3. The number of amides is 1. The van der Waals surface area contributed by atoms with E-state index in [-0.39, 0.29) is 5.91 Å². The highest BCUT2D eigenvalue weighted by atomic mass is 35.5. The molecule has 1 heterocycles. The highest BCUT2D eigenvalue weighted by Gasteiger charge is 2.14. The summed E-state index contributed by atoms with van der Waals surface area (Å²) in [5.74, 6) is 0.248. The minimum absolute atomic E-state index is 0.261. The van der Waals surface area contributed by atoms with E-state index >= 15 is 0 Å². The Morgan fingerprint density at radius 3 is 2.86 bits per heavy atom. The summed E-state index contributed by atoms with van der Waals surface area (Å²) in [7, 11) is 0. The lowest BCUT2D eigenvalue weighted by Gasteiger charge is -2.05. The van der Waals surface area contributed by atoms with E-state index in [9.17, 15) is 4.79 Å². The Balaban J connectivity index is 2.12. The minimum atomic E-state index is -0.261. The number of anilines is 1. The van der Waals surface area contributed by atoms with Crippen molar-refractivity contribution in [1.82, 2.24) is 10.2 Å². The Kier molecular flexibility index (Phi) is 5.61. The third-order valence-electron chi connectivity index (χ3n) is 2.69. The van der Waals surface area contributed by atoms with Crippen molar-refractivity contribution in [3.63, 3.8) is 0 Å². The molecule has 112 valence electrons. The maximum Gasteiger partial charge on any atom is 0.259 e. The summed E-state index contributed by atoms with van der Waals surface area (Å²) in [5, 5.41) is 12.7. The minimum Gasteiger partial charge on any atom is -0.296 e. The molecular weight excluding hydrogens is 326 g/mol. The van der Waals surface area contributed by atoms with Gasteiger partial charge < -0.3 is 0 Å². The number of hydrogen-bond donors (Lipinski definition) is 1. The molecular formula is C14H16ClN3OS2. The molecule has 4 nitrogen and oxygen atoms in total. The van der Waals surface area contributed by atoms with Crippen LogP contribution in [0.4, 0.5) is 5.13 Å². The first-order valence-corrected chi connectivity index (χ1v) is 8.88. The predicted molar refractivity (Wildman–Crippen MR) is 89.6 cm³/mol. The molecule has 0 bridgehead atoms. The fraction of sp³-hybridized carbons (Fsp3) is 0.357. The standard InChI is InChI=1S/C14H16ClN3OS2/c1-8(2)6-12-17-18-14(21-12)16-13(19)10-7-9(20-3)4-5-11(10)15/h4-5,7-8H,6H2,1-3H3,(H,16,18,19). The molecule has 1 aromatic carbocycles. The first kappa shape index (κ1) is 16.3. The van der Waals surface area contributed by atoms with Crippen LogP contribution in [0.3, 0.4) is 0 Å². The fourth-order valence-electron chi connectivity index (χ4n) is 1.71. The highest BCUT2D eigenvalue weighted by Crippen LogP contribution is 2.25. The molecule has 2 aromatic rings. The molecule has 0 unspecified atom stereocenters. The van der Waals surface area contributed by atoms with Crippen LogP contribution in [-0.2, 0) is 6.42 Å². The molecule has 1 amide bonds. The predicted octanol–water partition coefficient (Wildman–Crippen LogP) is 4.36. The van der Waals surface area contributed by atoms with Gasteiger partial charge in [0.05, 0.1) is 10.6 Å². The van der Waals surface area contributed by atoms with Crippen molar-refractivity contribution in [2.75, 3.05) is 11.6 Å². The van der Waals surface area contributed by atoms with Gasteiger partial charge in [0, 0.05) is 11.3 Å². The Labute approximate surface area is 137 Å². The molecule has 21 heavy (non-hydrogen) atoms. The van der Waals surface area contributed by atoms with E-state index in [2.05, 4.69) is 29.4 Å². The van der Waals surface area contributed by atoms with Crippen LogP contribution in [0.25, 0.3) is 0 Å². The Hall–Kier alpha value is -1.11. The average molecular weight is 342 g/mol. The molecule has 0 saturated heterocycles. The van der Waals surface area contributed by atoms with Crippen molar-refractivity contribution in [3.05, 3.63) is 33.8 Å². The van der Waals surface area contributed by atoms with Gasteiger partial charge in [-0.2, -0.15) is 0 Å². The lowest BCUT2D eigenvalue weighted by Crippen LogP contribution is -2.12. The Morgan fingerprint density at radius 2 is 2.19 bits per heavy atom. The van der Waals surface area contributed by atoms with Crippen molar-refractivity contribution in [1.29, 1.82) is 0 Å². The van der Waals surface area contributed by atoms with E-state index in [0.29, 0.717) is 21.6 Å². The second-order valence-corrected chi connectivity index (χ2v) is 7.25. The van der Waals surface area contributed by atoms with Crippen molar-refractivity contribution in [3.8, 4) is 0 Å². The zero-order valence-corrected chi connectivity index (χ0v) is 14.4.